The maximum absolute atomic E-state index is 13.2. The van der Waals surface area contributed by atoms with Gasteiger partial charge in [0.25, 0.3) is 0 Å². The molecule has 1 fully saturated rings. The molecule has 0 amide bonds. The quantitative estimate of drug-likeness (QED) is 0.591. The molecule has 2 aliphatic heterocycles. The van der Waals surface area contributed by atoms with Crippen LogP contribution in [0.2, 0.25) is 0 Å². The van der Waals surface area contributed by atoms with Crippen LogP contribution in [0.25, 0.3) is 5.76 Å². The SMILES string of the molecule is COC(=O)C1=C(c2ccccc2)ON2CN(c3ccc(C)cc3)C[C@]12c1ccccc1. The van der Waals surface area contributed by atoms with Gasteiger partial charge in [0.15, 0.2) is 5.76 Å². The summed E-state index contributed by atoms with van der Waals surface area (Å²) in [6.07, 6.45) is 0. The smallest absolute Gasteiger partial charge is 0.340 e. The van der Waals surface area contributed by atoms with Crippen molar-refractivity contribution in [2.75, 3.05) is 25.2 Å². The van der Waals surface area contributed by atoms with Crippen molar-refractivity contribution >= 4 is 17.4 Å². The van der Waals surface area contributed by atoms with Gasteiger partial charge >= 0.3 is 5.97 Å². The molecule has 3 aromatic carbocycles. The summed E-state index contributed by atoms with van der Waals surface area (Å²) in [5.74, 6) is 0.177. The van der Waals surface area contributed by atoms with E-state index in [9.17, 15) is 4.79 Å². The lowest BCUT2D eigenvalue weighted by Gasteiger charge is -2.30. The minimum absolute atomic E-state index is 0.379. The van der Waals surface area contributed by atoms with Crippen molar-refractivity contribution < 1.29 is 14.4 Å². The predicted molar refractivity (Wildman–Crippen MR) is 120 cm³/mol. The molecule has 5 rings (SSSR count). The number of benzene rings is 3. The van der Waals surface area contributed by atoms with E-state index in [-0.39, 0.29) is 5.97 Å². The number of hydrogen-bond donors (Lipinski definition) is 0. The first kappa shape index (κ1) is 19.4. The van der Waals surface area contributed by atoms with Crippen molar-refractivity contribution in [1.29, 1.82) is 0 Å². The van der Waals surface area contributed by atoms with Crippen molar-refractivity contribution in [3.8, 4) is 0 Å². The molecule has 5 heteroatoms. The highest BCUT2D eigenvalue weighted by atomic mass is 16.7. The van der Waals surface area contributed by atoms with Crippen molar-refractivity contribution in [3.63, 3.8) is 0 Å². The van der Waals surface area contributed by atoms with Gasteiger partial charge < -0.3 is 14.5 Å². The van der Waals surface area contributed by atoms with Crippen LogP contribution in [0, 0.1) is 6.92 Å². The van der Waals surface area contributed by atoms with E-state index in [1.165, 1.54) is 12.7 Å². The summed E-state index contributed by atoms with van der Waals surface area (Å²) in [4.78, 5) is 21.8. The first-order valence-electron chi connectivity index (χ1n) is 10.3. The second kappa shape index (κ2) is 7.60. The number of anilines is 1. The summed E-state index contributed by atoms with van der Waals surface area (Å²) in [7, 11) is 1.42. The Kier molecular flexibility index (Phi) is 4.75. The highest BCUT2D eigenvalue weighted by Crippen LogP contribution is 2.51. The Morgan fingerprint density at radius 1 is 0.935 bits per heavy atom. The van der Waals surface area contributed by atoms with Gasteiger partial charge in [0.1, 0.15) is 17.8 Å². The zero-order valence-corrected chi connectivity index (χ0v) is 17.6. The Hall–Kier alpha value is -3.57. The zero-order valence-electron chi connectivity index (χ0n) is 17.6. The second-order valence-electron chi connectivity index (χ2n) is 7.93. The van der Waals surface area contributed by atoms with Crippen LogP contribution >= 0.6 is 0 Å². The Morgan fingerprint density at radius 2 is 1.58 bits per heavy atom. The lowest BCUT2D eigenvalue weighted by molar-refractivity contribution is -0.140. The number of aryl methyl sites for hydroxylation is 1. The average Bonchev–Trinajstić information content (AvgIpc) is 3.34. The monoisotopic (exact) mass is 412 g/mol. The number of hydrogen-bond acceptors (Lipinski definition) is 5. The van der Waals surface area contributed by atoms with E-state index in [0.29, 0.717) is 24.5 Å². The topological polar surface area (TPSA) is 42.0 Å². The molecule has 2 heterocycles. The molecule has 0 radical (unpaired) electrons. The van der Waals surface area contributed by atoms with Gasteiger partial charge in [-0.1, -0.05) is 78.4 Å². The highest BCUT2D eigenvalue weighted by molar-refractivity contribution is 6.00. The van der Waals surface area contributed by atoms with Gasteiger partial charge in [-0.05, 0) is 24.6 Å². The Balaban J connectivity index is 1.69. The van der Waals surface area contributed by atoms with Crippen LogP contribution in [-0.4, -0.2) is 31.4 Å². The van der Waals surface area contributed by atoms with Crippen molar-refractivity contribution in [3.05, 3.63) is 107 Å². The number of ether oxygens (including phenoxy) is 1. The van der Waals surface area contributed by atoms with Gasteiger partial charge in [-0.25, -0.2) is 4.79 Å². The third-order valence-electron chi connectivity index (χ3n) is 6.06. The third kappa shape index (κ3) is 3.09. The summed E-state index contributed by atoms with van der Waals surface area (Å²) in [6.45, 7) is 3.17. The van der Waals surface area contributed by atoms with Crippen LogP contribution in [-0.2, 0) is 19.9 Å². The number of hydroxylamine groups is 2. The largest absolute Gasteiger partial charge is 0.465 e. The molecule has 0 saturated carbocycles. The average molecular weight is 412 g/mol. The van der Waals surface area contributed by atoms with E-state index in [2.05, 4.69) is 36.1 Å². The van der Waals surface area contributed by atoms with E-state index in [1.807, 2.05) is 65.7 Å². The Labute approximate surface area is 182 Å². The fraction of sp³-hybridized carbons (Fsp3) is 0.192. The molecule has 3 aromatic rings. The summed E-state index contributed by atoms with van der Waals surface area (Å²) in [6, 6.07) is 28.2. The number of rotatable bonds is 4. The van der Waals surface area contributed by atoms with Crippen LogP contribution in [0.3, 0.4) is 0 Å². The minimum atomic E-state index is -0.773. The maximum atomic E-state index is 13.2. The van der Waals surface area contributed by atoms with E-state index in [1.54, 1.807) is 0 Å². The number of carbonyl (C=O) groups excluding carboxylic acids is 1. The normalized spacial score (nSPS) is 20.5. The summed E-state index contributed by atoms with van der Waals surface area (Å²) in [5, 5.41) is 1.91. The number of esters is 1. The van der Waals surface area contributed by atoms with Gasteiger partial charge in [-0.2, -0.15) is 0 Å². The number of nitrogens with zero attached hydrogens (tertiary/aromatic N) is 2. The molecule has 0 bridgehead atoms. The van der Waals surface area contributed by atoms with Gasteiger partial charge in [-0.3, -0.25) is 0 Å². The molecule has 31 heavy (non-hydrogen) atoms. The van der Waals surface area contributed by atoms with E-state index in [4.69, 9.17) is 9.57 Å². The number of methoxy groups -OCH3 is 1. The number of fused-ring (bicyclic) bond motifs is 1. The molecule has 156 valence electrons. The molecule has 0 aliphatic carbocycles. The Bertz CT molecular complexity index is 1130. The molecule has 5 nitrogen and oxygen atoms in total. The zero-order chi connectivity index (χ0) is 21.4. The van der Waals surface area contributed by atoms with Crippen molar-refractivity contribution in [2.45, 2.75) is 12.5 Å². The second-order valence-corrected chi connectivity index (χ2v) is 7.93. The number of carbonyl (C=O) groups is 1. The molecular formula is C26H24N2O3. The van der Waals surface area contributed by atoms with Crippen LogP contribution in [0.5, 0.6) is 0 Å². The molecule has 1 saturated heterocycles. The standard InChI is InChI=1S/C26H24N2O3/c1-19-13-15-22(16-14-19)27-17-26(21-11-7-4-8-12-21)23(25(29)30-2)24(31-28(26)18-27)20-9-5-3-6-10-20/h3-16H,17-18H2,1-2H3/t26-/m0/s1. The molecule has 0 spiro atoms. The lowest BCUT2D eigenvalue weighted by atomic mass is 9.81. The van der Waals surface area contributed by atoms with Crippen LogP contribution in [0.15, 0.2) is 90.5 Å². The van der Waals surface area contributed by atoms with Crippen LogP contribution in [0.4, 0.5) is 5.69 Å². The maximum Gasteiger partial charge on any atom is 0.340 e. The van der Waals surface area contributed by atoms with Crippen molar-refractivity contribution in [2.24, 2.45) is 0 Å². The molecular weight excluding hydrogens is 388 g/mol. The fourth-order valence-corrected chi connectivity index (χ4v) is 4.51. The van der Waals surface area contributed by atoms with Gasteiger partial charge in [-0.15, -0.1) is 5.06 Å². The summed E-state index contributed by atoms with van der Waals surface area (Å²) >= 11 is 0. The molecule has 0 unspecified atom stereocenters. The van der Waals surface area contributed by atoms with Gasteiger partial charge in [0, 0.05) is 17.8 Å². The first-order valence-corrected chi connectivity index (χ1v) is 10.3. The fourth-order valence-electron chi connectivity index (χ4n) is 4.51. The molecule has 1 atom stereocenters. The third-order valence-corrected chi connectivity index (χ3v) is 6.06. The minimum Gasteiger partial charge on any atom is -0.465 e. The lowest BCUT2D eigenvalue weighted by Crippen LogP contribution is -2.42. The van der Waals surface area contributed by atoms with Crippen LogP contribution < -0.4 is 4.90 Å². The Morgan fingerprint density at radius 3 is 2.23 bits per heavy atom. The summed E-state index contributed by atoms with van der Waals surface area (Å²) in [5.41, 5.74) is 3.90. The van der Waals surface area contributed by atoms with Gasteiger partial charge in [0.05, 0.1) is 7.11 Å². The van der Waals surface area contributed by atoms with Crippen molar-refractivity contribution in [1.82, 2.24) is 5.06 Å². The summed E-state index contributed by atoms with van der Waals surface area (Å²) < 4.78 is 5.28. The molecule has 2 aliphatic rings. The molecule has 0 N–H and O–H groups in total. The van der Waals surface area contributed by atoms with E-state index >= 15 is 0 Å². The molecule has 0 aromatic heterocycles. The van der Waals surface area contributed by atoms with Gasteiger partial charge in [0.2, 0.25) is 0 Å². The first-order chi connectivity index (χ1) is 15.1. The highest BCUT2D eigenvalue weighted by Gasteiger charge is 2.59. The van der Waals surface area contributed by atoms with E-state index in [0.717, 1.165) is 16.8 Å². The van der Waals surface area contributed by atoms with E-state index < -0.39 is 5.54 Å². The predicted octanol–water partition coefficient (Wildman–Crippen LogP) is 4.50. The van der Waals surface area contributed by atoms with Crippen LogP contribution in [0.1, 0.15) is 16.7 Å².